The summed E-state index contributed by atoms with van der Waals surface area (Å²) in [4.78, 5) is 12.2. The molecule has 1 aliphatic heterocycles. The largest absolute Gasteiger partial charge is 0.388 e. The van der Waals surface area contributed by atoms with E-state index < -0.39 is 11.1 Å². The number of nitrogens with one attached hydrogen (secondary N) is 1. The predicted molar refractivity (Wildman–Crippen MR) is 68.6 cm³/mol. The van der Waals surface area contributed by atoms with Crippen LogP contribution in [-0.4, -0.2) is 32.7 Å². The second kappa shape index (κ2) is 4.22. The molecule has 2 N–H and O–H groups in total. The molecule has 16 heavy (non-hydrogen) atoms. The van der Waals surface area contributed by atoms with E-state index in [0.717, 1.165) is 18.6 Å². The van der Waals surface area contributed by atoms with Gasteiger partial charge in [0.2, 0.25) is 5.91 Å². The van der Waals surface area contributed by atoms with E-state index in [1.54, 1.807) is 25.6 Å². The lowest BCUT2D eigenvalue weighted by atomic mass is 9.85. The maximum atomic E-state index is 12.2. The Labute approximate surface area is 102 Å². The molecule has 0 aromatic rings. The Balaban J connectivity index is 2.71. The third kappa shape index (κ3) is 2.72. The van der Waals surface area contributed by atoms with Crippen molar-refractivity contribution < 1.29 is 9.90 Å². The van der Waals surface area contributed by atoms with E-state index in [4.69, 9.17) is 0 Å². The van der Waals surface area contributed by atoms with Gasteiger partial charge >= 0.3 is 0 Å². The zero-order chi connectivity index (χ0) is 12.6. The SMILES string of the molecule is CC1(C(=O)NC(C)(C)C(C)(C)O)CCCS1. The molecule has 0 aromatic heterocycles. The van der Waals surface area contributed by atoms with Crippen molar-refractivity contribution in [2.75, 3.05) is 5.75 Å². The Hall–Kier alpha value is -0.220. The first kappa shape index (κ1) is 13.8. The highest BCUT2D eigenvalue weighted by Gasteiger charge is 2.43. The van der Waals surface area contributed by atoms with E-state index in [1.165, 1.54) is 0 Å². The standard InChI is InChI=1S/C12H23NO2S/c1-10(2,11(3,4)15)13-9(14)12(5)7-6-8-16-12/h15H,6-8H2,1-5H3,(H,13,14). The van der Waals surface area contributed by atoms with Crippen LogP contribution in [0.4, 0.5) is 0 Å². The minimum Gasteiger partial charge on any atom is -0.388 e. The molecule has 0 spiro atoms. The molecule has 1 rings (SSSR count). The van der Waals surface area contributed by atoms with Gasteiger partial charge in [0, 0.05) is 0 Å². The second-order valence-corrected chi connectivity index (χ2v) is 7.42. The van der Waals surface area contributed by atoms with Crippen LogP contribution in [0.5, 0.6) is 0 Å². The third-order valence-corrected chi connectivity index (χ3v) is 5.17. The number of rotatable bonds is 3. The molecule has 0 aliphatic carbocycles. The van der Waals surface area contributed by atoms with Crippen molar-refractivity contribution >= 4 is 17.7 Å². The molecule has 1 fully saturated rings. The molecule has 1 unspecified atom stereocenters. The fourth-order valence-electron chi connectivity index (χ4n) is 1.53. The van der Waals surface area contributed by atoms with Crippen LogP contribution in [0.3, 0.4) is 0 Å². The number of thioether (sulfide) groups is 1. The Kier molecular flexibility index (Phi) is 3.65. The maximum absolute atomic E-state index is 12.2. The summed E-state index contributed by atoms with van der Waals surface area (Å²) >= 11 is 1.71. The summed E-state index contributed by atoms with van der Waals surface area (Å²) in [5.74, 6) is 1.09. The van der Waals surface area contributed by atoms with Gasteiger partial charge in [0.1, 0.15) is 0 Å². The topological polar surface area (TPSA) is 49.3 Å². The summed E-state index contributed by atoms with van der Waals surface area (Å²) in [6.45, 7) is 9.14. The Morgan fingerprint density at radius 3 is 2.31 bits per heavy atom. The summed E-state index contributed by atoms with van der Waals surface area (Å²) in [7, 11) is 0. The first-order valence-corrected chi connectivity index (χ1v) is 6.76. The molecule has 0 bridgehead atoms. The highest BCUT2D eigenvalue weighted by atomic mass is 32.2. The first-order valence-electron chi connectivity index (χ1n) is 5.77. The minimum absolute atomic E-state index is 0.0436. The van der Waals surface area contributed by atoms with Crippen molar-refractivity contribution in [1.29, 1.82) is 0 Å². The molecule has 1 saturated heterocycles. The molecule has 4 heteroatoms. The van der Waals surface area contributed by atoms with Crippen LogP contribution in [-0.2, 0) is 4.79 Å². The van der Waals surface area contributed by atoms with Crippen LogP contribution in [0, 0.1) is 0 Å². The molecule has 1 aliphatic rings. The fourth-order valence-corrected chi connectivity index (χ4v) is 2.74. The highest BCUT2D eigenvalue weighted by molar-refractivity contribution is 8.01. The van der Waals surface area contributed by atoms with Crippen LogP contribution in [0.15, 0.2) is 0 Å². The number of aliphatic hydroxyl groups is 1. The Morgan fingerprint density at radius 1 is 1.38 bits per heavy atom. The van der Waals surface area contributed by atoms with Crippen LogP contribution >= 0.6 is 11.8 Å². The average molecular weight is 245 g/mol. The lowest BCUT2D eigenvalue weighted by molar-refractivity contribution is -0.128. The van der Waals surface area contributed by atoms with Gasteiger partial charge in [-0.15, -0.1) is 11.8 Å². The molecule has 1 heterocycles. The molecular weight excluding hydrogens is 222 g/mol. The number of hydrogen-bond acceptors (Lipinski definition) is 3. The second-order valence-electron chi connectivity index (χ2n) is 5.82. The number of amides is 1. The fraction of sp³-hybridized carbons (Fsp3) is 0.917. The van der Waals surface area contributed by atoms with Crippen molar-refractivity contribution in [2.24, 2.45) is 0 Å². The molecular formula is C12H23NO2S. The molecule has 3 nitrogen and oxygen atoms in total. The van der Waals surface area contributed by atoms with E-state index in [0.29, 0.717) is 0 Å². The molecule has 0 radical (unpaired) electrons. The van der Waals surface area contributed by atoms with E-state index in [-0.39, 0.29) is 10.7 Å². The van der Waals surface area contributed by atoms with Gasteiger partial charge in [-0.2, -0.15) is 0 Å². The van der Waals surface area contributed by atoms with Gasteiger partial charge in [0.05, 0.1) is 15.9 Å². The summed E-state index contributed by atoms with van der Waals surface area (Å²) in [5, 5.41) is 13.0. The molecule has 0 aromatic carbocycles. The average Bonchev–Trinajstić information content (AvgIpc) is 2.50. The van der Waals surface area contributed by atoms with Crippen molar-refractivity contribution in [3.8, 4) is 0 Å². The molecule has 1 amide bonds. The zero-order valence-corrected chi connectivity index (χ0v) is 11.7. The Bertz CT molecular complexity index is 275. The number of hydrogen-bond donors (Lipinski definition) is 2. The summed E-state index contributed by atoms with van der Waals surface area (Å²) < 4.78 is -0.317. The molecule has 94 valence electrons. The van der Waals surface area contributed by atoms with Crippen LogP contribution in [0.1, 0.15) is 47.5 Å². The van der Waals surface area contributed by atoms with Crippen molar-refractivity contribution in [1.82, 2.24) is 5.32 Å². The van der Waals surface area contributed by atoms with Gasteiger partial charge in [-0.05, 0) is 53.2 Å². The molecule has 0 saturated carbocycles. The van der Waals surface area contributed by atoms with Crippen molar-refractivity contribution in [2.45, 2.75) is 63.3 Å². The lowest BCUT2D eigenvalue weighted by Gasteiger charge is -2.40. The maximum Gasteiger partial charge on any atom is 0.236 e. The monoisotopic (exact) mass is 245 g/mol. The summed E-state index contributed by atoms with van der Waals surface area (Å²) in [6, 6.07) is 0. The van der Waals surface area contributed by atoms with Gasteiger partial charge in [-0.3, -0.25) is 4.79 Å². The summed E-state index contributed by atoms with van der Waals surface area (Å²) in [6.07, 6.45) is 2.02. The third-order valence-electron chi connectivity index (χ3n) is 3.65. The lowest BCUT2D eigenvalue weighted by Crippen LogP contribution is -2.60. The quantitative estimate of drug-likeness (QED) is 0.799. The van der Waals surface area contributed by atoms with Crippen molar-refractivity contribution in [3.63, 3.8) is 0 Å². The number of carbonyl (C=O) groups excluding carboxylic acids is 1. The van der Waals surface area contributed by atoms with Crippen molar-refractivity contribution in [3.05, 3.63) is 0 Å². The first-order chi connectivity index (χ1) is 7.08. The van der Waals surface area contributed by atoms with Gasteiger partial charge in [-0.25, -0.2) is 0 Å². The summed E-state index contributed by atoms with van der Waals surface area (Å²) in [5.41, 5.74) is -1.54. The van der Waals surface area contributed by atoms with E-state index >= 15 is 0 Å². The molecule has 1 atom stereocenters. The minimum atomic E-state index is -0.928. The van der Waals surface area contributed by atoms with E-state index in [9.17, 15) is 9.90 Å². The van der Waals surface area contributed by atoms with Gasteiger partial charge in [0.15, 0.2) is 0 Å². The normalized spacial score (nSPS) is 26.9. The van der Waals surface area contributed by atoms with Crippen LogP contribution < -0.4 is 5.32 Å². The van der Waals surface area contributed by atoms with Gasteiger partial charge in [0.25, 0.3) is 0 Å². The van der Waals surface area contributed by atoms with Crippen LogP contribution in [0.2, 0.25) is 0 Å². The predicted octanol–water partition coefficient (Wildman–Crippen LogP) is 1.94. The van der Waals surface area contributed by atoms with E-state index in [1.807, 2.05) is 20.8 Å². The van der Waals surface area contributed by atoms with Crippen LogP contribution in [0.25, 0.3) is 0 Å². The Morgan fingerprint density at radius 2 is 1.94 bits per heavy atom. The zero-order valence-electron chi connectivity index (χ0n) is 10.9. The number of carbonyl (C=O) groups is 1. The smallest absolute Gasteiger partial charge is 0.236 e. The van der Waals surface area contributed by atoms with Gasteiger partial charge in [-0.1, -0.05) is 0 Å². The van der Waals surface area contributed by atoms with Gasteiger partial charge < -0.3 is 10.4 Å². The highest BCUT2D eigenvalue weighted by Crippen LogP contribution is 2.38. The van der Waals surface area contributed by atoms with E-state index in [2.05, 4.69) is 5.32 Å².